The molecule has 1 amide bonds. The Hall–Kier alpha value is -2.34. The molecule has 5 nitrogen and oxygen atoms in total. The van der Waals surface area contributed by atoms with Gasteiger partial charge in [0.2, 0.25) is 0 Å². The molecule has 6 heteroatoms. The fourth-order valence-electron chi connectivity index (χ4n) is 3.11. The summed E-state index contributed by atoms with van der Waals surface area (Å²) in [6, 6.07) is 7.11. The molecule has 27 heavy (non-hydrogen) atoms. The van der Waals surface area contributed by atoms with E-state index in [0.29, 0.717) is 28.5 Å². The average molecular weight is 388 g/mol. The number of carbonyl (C=O) groups is 2. The second kappa shape index (κ2) is 8.57. The molecule has 0 fully saturated rings. The van der Waals surface area contributed by atoms with Gasteiger partial charge >= 0.3 is 5.97 Å². The first-order chi connectivity index (χ1) is 13.0. The zero-order chi connectivity index (χ0) is 19.4. The van der Waals surface area contributed by atoms with E-state index in [0.717, 1.165) is 31.2 Å². The van der Waals surface area contributed by atoms with Crippen LogP contribution in [0.4, 0.5) is 5.00 Å². The van der Waals surface area contributed by atoms with Gasteiger partial charge in [-0.15, -0.1) is 11.3 Å². The highest BCUT2D eigenvalue weighted by Gasteiger charge is 2.28. The number of aryl methyl sites for hydroxylation is 1. The molecule has 0 bridgehead atoms. The molecule has 0 aliphatic heterocycles. The van der Waals surface area contributed by atoms with Crippen LogP contribution in [0.15, 0.2) is 24.3 Å². The number of hydrogen-bond acceptors (Lipinski definition) is 5. The van der Waals surface area contributed by atoms with Crippen molar-refractivity contribution in [3.8, 4) is 5.75 Å². The maximum Gasteiger partial charge on any atom is 0.341 e. The summed E-state index contributed by atoms with van der Waals surface area (Å²) >= 11 is 1.48. The maximum atomic E-state index is 12.8. The summed E-state index contributed by atoms with van der Waals surface area (Å²) < 4.78 is 11.0. The van der Waals surface area contributed by atoms with Gasteiger partial charge in [0.1, 0.15) is 10.8 Å². The number of esters is 1. The van der Waals surface area contributed by atoms with Crippen molar-refractivity contribution in [2.24, 2.45) is 0 Å². The van der Waals surface area contributed by atoms with Crippen LogP contribution in [-0.2, 0) is 17.6 Å². The van der Waals surface area contributed by atoms with Gasteiger partial charge in [0.25, 0.3) is 5.91 Å². The van der Waals surface area contributed by atoms with Gasteiger partial charge in [0, 0.05) is 10.4 Å². The number of benzene rings is 1. The third-order valence-electron chi connectivity index (χ3n) is 4.64. The average Bonchev–Trinajstić information content (AvgIpc) is 3.22. The van der Waals surface area contributed by atoms with E-state index in [1.165, 1.54) is 16.2 Å². The summed E-state index contributed by atoms with van der Waals surface area (Å²) in [5, 5.41) is 3.49. The molecule has 1 aromatic heterocycles. The molecule has 0 spiro atoms. The van der Waals surface area contributed by atoms with Crippen LogP contribution in [0, 0.1) is 0 Å². The van der Waals surface area contributed by atoms with E-state index in [2.05, 4.69) is 5.32 Å². The van der Waals surface area contributed by atoms with E-state index in [4.69, 9.17) is 9.47 Å². The second-order valence-corrected chi connectivity index (χ2v) is 7.71. The van der Waals surface area contributed by atoms with E-state index < -0.39 is 0 Å². The maximum absolute atomic E-state index is 12.8. The Bertz CT molecular complexity index is 843. The molecule has 144 valence electrons. The van der Waals surface area contributed by atoms with Crippen LogP contribution in [0.1, 0.15) is 64.8 Å². The first-order valence-electron chi connectivity index (χ1n) is 9.43. The Balaban J connectivity index is 1.82. The predicted molar refractivity (Wildman–Crippen MR) is 107 cm³/mol. The smallest absolute Gasteiger partial charge is 0.341 e. The Kier molecular flexibility index (Phi) is 6.16. The van der Waals surface area contributed by atoms with Gasteiger partial charge in [0.15, 0.2) is 0 Å². The number of rotatable bonds is 7. The fourth-order valence-corrected chi connectivity index (χ4v) is 4.39. The molecule has 1 aromatic carbocycles. The van der Waals surface area contributed by atoms with Crippen LogP contribution in [0.2, 0.25) is 0 Å². The predicted octanol–water partition coefficient (Wildman–Crippen LogP) is 4.84. The molecule has 1 unspecified atom stereocenters. The first-order valence-corrected chi connectivity index (χ1v) is 10.2. The van der Waals surface area contributed by atoms with E-state index in [-0.39, 0.29) is 18.0 Å². The molecule has 1 aliphatic carbocycles. The molecule has 0 saturated carbocycles. The minimum absolute atomic E-state index is 0.0824. The Morgan fingerprint density at radius 3 is 2.81 bits per heavy atom. The fraction of sp³-hybridized carbons (Fsp3) is 0.429. The van der Waals surface area contributed by atoms with Crippen molar-refractivity contribution in [1.82, 2.24) is 0 Å². The molecule has 3 rings (SSSR count). The number of hydrogen-bond donors (Lipinski definition) is 1. The molecule has 1 atom stereocenters. The van der Waals surface area contributed by atoms with Crippen molar-refractivity contribution >= 4 is 28.2 Å². The van der Waals surface area contributed by atoms with E-state index in [9.17, 15) is 9.59 Å². The van der Waals surface area contributed by atoms with Gasteiger partial charge in [-0.25, -0.2) is 4.79 Å². The second-order valence-electron chi connectivity index (χ2n) is 6.60. The van der Waals surface area contributed by atoms with Crippen molar-refractivity contribution in [2.45, 2.75) is 52.6 Å². The summed E-state index contributed by atoms with van der Waals surface area (Å²) in [4.78, 5) is 26.4. The Morgan fingerprint density at radius 1 is 1.26 bits per heavy atom. The van der Waals surface area contributed by atoms with Crippen LogP contribution >= 0.6 is 11.3 Å². The van der Waals surface area contributed by atoms with Gasteiger partial charge in [-0.2, -0.15) is 0 Å². The highest BCUT2D eigenvalue weighted by atomic mass is 32.1. The summed E-state index contributed by atoms with van der Waals surface area (Å²) in [6.07, 6.45) is 3.81. The van der Waals surface area contributed by atoms with Gasteiger partial charge in [-0.05, 0) is 63.3 Å². The quantitative estimate of drug-likeness (QED) is 0.690. The van der Waals surface area contributed by atoms with Crippen molar-refractivity contribution in [2.75, 3.05) is 11.9 Å². The third-order valence-corrected chi connectivity index (χ3v) is 5.84. The number of amides is 1. The highest BCUT2D eigenvalue weighted by molar-refractivity contribution is 7.17. The lowest BCUT2D eigenvalue weighted by Gasteiger charge is -2.13. The standard InChI is InChI=1S/C21H25NO4S/c1-4-13(3)26-15-9-6-8-14(12-15)19(23)22-20-18(21(24)25-5-2)16-10-7-11-17(16)27-20/h6,8-9,12-13H,4-5,7,10-11H2,1-3H3,(H,22,23). The van der Waals surface area contributed by atoms with Crippen LogP contribution < -0.4 is 10.1 Å². The Labute approximate surface area is 163 Å². The van der Waals surface area contributed by atoms with E-state index in [1.54, 1.807) is 25.1 Å². The molecular weight excluding hydrogens is 362 g/mol. The van der Waals surface area contributed by atoms with Gasteiger partial charge in [0.05, 0.1) is 18.3 Å². The molecule has 0 radical (unpaired) electrons. The lowest BCUT2D eigenvalue weighted by Crippen LogP contribution is -2.16. The van der Waals surface area contributed by atoms with E-state index >= 15 is 0 Å². The zero-order valence-electron chi connectivity index (χ0n) is 16.0. The van der Waals surface area contributed by atoms with Crippen LogP contribution in [0.25, 0.3) is 0 Å². The van der Waals surface area contributed by atoms with Gasteiger partial charge < -0.3 is 14.8 Å². The zero-order valence-corrected chi connectivity index (χ0v) is 16.8. The molecule has 1 heterocycles. The van der Waals surface area contributed by atoms with E-state index in [1.807, 2.05) is 19.9 Å². The molecule has 2 aromatic rings. The normalized spacial score (nSPS) is 13.7. The molecular formula is C21H25NO4S. The third kappa shape index (κ3) is 4.33. The molecule has 1 aliphatic rings. The van der Waals surface area contributed by atoms with Crippen molar-refractivity contribution in [3.05, 3.63) is 45.8 Å². The molecule has 0 saturated heterocycles. The van der Waals surface area contributed by atoms with Crippen LogP contribution in [0.5, 0.6) is 5.75 Å². The summed E-state index contributed by atoms with van der Waals surface area (Å²) in [5.41, 5.74) is 2.05. The topological polar surface area (TPSA) is 64.6 Å². The van der Waals surface area contributed by atoms with Crippen molar-refractivity contribution in [1.29, 1.82) is 0 Å². The number of anilines is 1. The summed E-state index contributed by atoms with van der Waals surface area (Å²) in [5.74, 6) is 0.0485. The van der Waals surface area contributed by atoms with Crippen LogP contribution in [0.3, 0.4) is 0 Å². The van der Waals surface area contributed by atoms with Gasteiger partial charge in [-0.3, -0.25) is 4.79 Å². The number of fused-ring (bicyclic) bond motifs is 1. The lowest BCUT2D eigenvalue weighted by molar-refractivity contribution is 0.0527. The number of thiophene rings is 1. The monoisotopic (exact) mass is 387 g/mol. The first kappa shape index (κ1) is 19.4. The minimum Gasteiger partial charge on any atom is -0.491 e. The SMILES string of the molecule is CCOC(=O)c1c(NC(=O)c2cccc(OC(C)CC)c2)sc2c1CCC2. The Morgan fingerprint density at radius 2 is 2.07 bits per heavy atom. The summed E-state index contributed by atoms with van der Waals surface area (Å²) in [6.45, 7) is 6.14. The largest absolute Gasteiger partial charge is 0.491 e. The van der Waals surface area contributed by atoms with Crippen LogP contribution in [-0.4, -0.2) is 24.6 Å². The van der Waals surface area contributed by atoms with Gasteiger partial charge in [-0.1, -0.05) is 13.0 Å². The lowest BCUT2D eigenvalue weighted by atomic mass is 10.1. The number of nitrogens with one attached hydrogen (secondary N) is 1. The highest BCUT2D eigenvalue weighted by Crippen LogP contribution is 2.39. The van der Waals surface area contributed by atoms with Crippen molar-refractivity contribution < 1.29 is 19.1 Å². The van der Waals surface area contributed by atoms with Crippen molar-refractivity contribution in [3.63, 3.8) is 0 Å². The molecule has 1 N–H and O–H groups in total. The number of carbonyl (C=O) groups excluding carboxylic acids is 2. The minimum atomic E-state index is -0.360. The summed E-state index contributed by atoms with van der Waals surface area (Å²) in [7, 11) is 0. The number of ether oxygens (including phenoxy) is 2.